The molecule has 2 atom stereocenters. The Balaban J connectivity index is 2.68. The van der Waals surface area contributed by atoms with Crippen LogP contribution in [0, 0.1) is 11.3 Å². The zero-order chi connectivity index (χ0) is 15.4. The number of hydrogen-bond donors (Lipinski definition) is 1. The van der Waals surface area contributed by atoms with E-state index in [0.717, 1.165) is 25.8 Å². The van der Waals surface area contributed by atoms with Crippen molar-refractivity contribution in [1.82, 2.24) is 9.62 Å². The van der Waals surface area contributed by atoms with Crippen molar-refractivity contribution in [2.24, 2.45) is 11.3 Å². The number of nitrogens with zero attached hydrogens (tertiary/aromatic N) is 1. The Labute approximate surface area is 125 Å². The van der Waals surface area contributed by atoms with Gasteiger partial charge in [0.2, 0.25) is 10.0 Å². The maximum absolute atomic E-state index is 12.5. The van der Waals surface area contributed by atoms with Gasteiger partial charge in [0, 0.05) is 19.1 Å². The highest BCUT2D eigenvalue weighted by molar-refractivity contribution is 7.89. The first-order valence-corrected chi connectivity index (χ1v) is 9.51. The van der Waals surface area contributed by atoms with Crippen molar-refractivity contribution in [3.05, 3.63) is 0 Å². The fourth-order valence-corrected chi connectivity index (χ4v) is 4.98. The van der Waals surface area contributed by atoms with Crippen molar-refractivity contribution in [3.8, 4) is 0 Å². The van der Waals surface area contributed by atoms with Crippen molar-refractivity contribution >= 4 is 10.0 Å². The predicted octanol–water partition coefficient (Wildman–Crippen LogP) is 2.46. The molecule has 1 saturated heterocycles. The summed E-state index contributed by atoms with van der Waals surface area (Å²) in [5.74, 6) is 0.675. The van der Waals surface area contributed by atoms with Crippen LogP contribution in [-0.2, 0) is 10.0 Å². The van der Waals surface area contributed by atoms with Gasteiger partial charge in [0.05, 0.1) is 5.75 Å². The summed E-state index contributed by atoms with van der Waals surface area (Å²) < 4.78 is 26.7. The van der Waals surface area contributed by atoms with Gasteiger partial charge in [0.15, 0.2) is 0 Å². The van der Waals surface area contributed by atoms with Crippen molar-refractivity contribution in [3.63, 3.8) is 0 Å². The number of sulfonamides is 1. The van der Waals surface area contributed by atoms with Crippen molar-refractivity contribution in [2.75, 3.05) is 25.4 Å². The van der Waals surface area contributed by atoms with Gasteiger partial charge in [-0.3, -0.25) is 0 Å². The summed E-state index contributed by atoms with van der Waals surface area (Å²) >= 11 is 0. The van der Waals surface area contributed by atoms with Crippen molar-refractivity contribution in [2.45, 2.75) is 59.9 Å². The standard InChI is InChI=1S/C15H32N2O2S/c1-6-9-16-14-8-10-17(11-13(14)7-2)20(18,19)12-15(3,4)5/h13-14,16H,6-12H2,1-5H3. The molecule has 5 heteroatoms. The van der Waals surface area contributed by atoms with Crippen LogP contribution in [0.2, 0.25) is 0 Å². The SMILES string of the molecule is CCCNC1CCN(S(=O)(=O)CC(C)(C)C)CC1CC. The molecule has 1 aliphatic heterocycles. The third-order valence-corrected chi connectivity index (χ3v) is 6.24. The van der Waals surface area contributed by atoms with Crippen molar-refractivity contribution < 1.29 is 8.42 Å². The topological polar surface area (TPSA) is 49.4 Å². The predicted molar refractivity (Wildman–Crippen MR) is 85.3 cm³/mol. The quantitative estimate of drug-likeness (QED) is 0.820. The summed E-state index contributed by atoms with van der Waals surface area (Å²) in [6.07, 6.45) is 3.09. The van der Waals surface area contributed by atoms with Gasteiger partial charge in [-0.15, -0.1) is 0 Å². The van der Waals surface area contributed by atoms with Crippen LogP contribution in [0.1, 0.15) is 53.9 Å². The van der Waals surface area contributed by atoms with Crippen LogP contribution in [0.15, 0.2) is 0 Å². The van der Waals surface area contributed by atoms with Crippen LogP contribution < -0.4 is 5.32 Å². The molecule has 120 valence electrons. The molecule has 0 aromatic heterocycles. The zero-order valence-corrected chi connectivity index (χ0v) is 14.6. The van der Waals surface area contributed by atoms with E-state index in [0.29, 0.717) is 25.0 Å². The summed E-state index contributed by atoms with van der Waals surface area (Å²) in [5.41, 5.74) is -0.183. The molecule has 1 rings (SSSR count). The molecule has 4 nitrogen and oxygen atoms in total. The molecular formula is C15H32N2O2S. The third kappa shape index (κ3) is 5.34. The van der Waals surface area contributed by atoms with Crippen LogP contribution in [0.25, 0.3) is 0 Å². The molecule has 1 N–H and O–H groups in total. The van der Waals surface area contributed by atoms with Crippen LogP contribution in [0.3, 0.4) is 0 Å². The highest BCUT2D eigenvalue weighted by Gasteiger charge is 2.35. The molecule has 20 heavy (non-hydrogen) atoms. The number of piperidine rings is 1. The fourth-order valence-electron chi connectivity index (χ4n) is 2.90. The van der Waals surface area contributed by atoms with E-state index in [-0.39, 0.29) is 11.2 Å². The first-order valence-electron chi connectivity index (χ1n) is 7.91. The summed E-state index contributed by atoms with van der Waals surface area (Å²) in [5, 5.41) is 3.57. The van der Waals surface area contributed by atoms with Gasteiger partial charge >= 0.3 is 0 Å². The number of nitrogens with one attached hydrogen (secondary N) is 1. The first kappa shape index (κ1) is 17.9. The fraction of sp³-hybridized carbons (Fsp3) is 1.00. The van der Waals surface area contributed by atoms with E-state index < -0.39 is 10.0 Å². The van der Waals surface area contributed by atoms with Gasteiger partial charge in [-0.2, -0.15) is 0 Å². The monoisotopic (exact) mass is 304 g/mol. The lowest BCUT2D eigenvalue weighted by molar-refractivity contribution is 0.201. The molecule has 0 bridgehead atoms. The number of hydrogen-bond acceptors (Lipinski definition) is 3. The van der Waals surface area contributed by atoms with Gasteiger partial charge in [0.25, 0.3) is 0 Å². The second-order valence-electron chi connectivity index (χ2n) is 7.19. The maximum Gasteiger partial charge on any atom is 0.214 e. The summed E-state index contributed by atoms with van der Waals surface area (Å²) in [6, 6.07) is 0.473. The molecule has 2 unspecified atom stereocenters. The lowest BCUT2D eigenvalue weighted by Crippen LogP contribution is -2.52. The maximum atomic E-state index is 12.5. The van der Waals surface area contributed by atoms with E-state index in [9.17, 15) is 8.42 Å². The van der Waals surface area contributed by atoms with Gasteiger partial charge in [0.1, 0.15) is 0 Å². The highest BCUT2D eigenvalue weighted by Crippen LogP contribution is 2.25. The Morgan fingerprint density at radius 3 is 2.40 bits per heavy atom. The lowest BCUT2D eigenvalue weighted by Gasteiger charge is -2.39. The molecule has 1 heterocycles. The Hall–Kier alpha value is -0.130. The van der Waals surface area contributed by atoms with E-state index in [4.69, 9.17) is 0 Å². The molecule has 0 aromatic rings. The third-order valence-electron chi connectivity index (χ3n) is 3.89. The average Bonchev–Trinajstić information content (AvgIpc) is 2.33. The Bertz CT molecular complexity index is 387. The van der Waals surface area contributed by atoms with Crippen molar-refractivity contribution in [1.29, 1.82) is 0 Å². The van der Waals surface area contributed by atoms with E-state index in [2.05, 4.69) is 19.2 Å². The average molecular weight is 305 g/mol. The molecule has 0 saturated carbocycles. The first-order chi connectivity index (χ1) is 9.19. The summed E-state index contributed by atoms with van der Waals surface area (Å²) in [4.78, 5) is 0. The molecule has 0 amide bonds. The minimum atomic E-state index is -3.12. The van der Waals surface area contributed by atoms with E-state index in [1.165, 1.54) is 0 Å². The van der Waals surface area contributed by atoms with E-state index in [1.54, 1.807) is 4.31 Å². The van der Waals surface area contributed by atoms with Crippen LogP contribution in [0.5, 0.6) is 0 Å². The van der Waals surface area contributed by atoms with Gasteiger partial charge < -0.3 is 5.32 Å². The smallest absolute Gasteiger partial charge is 0.214 e. The Morgan fingerprint density at radius 2 is 1.90 bits per heavy atom. The minimum absolute atomic E-state index is 0.183. The normalized spacial score (nSPS) is 25.9. The Kier molecular flexibility index (Phi) is 6.48. The molecule has 0 radical (unpaired) electrons. The second-order valence-corrected chi connectivity index (χ2v) is 9.16. The van der Waals surface area contributed by atoms with Gasteiger partial charge in [-0.25, -0.2) is 12.7 Å². The second kappa shape index (κ2) is 7.23. The van der Waals surface area contributed by atoms with Gasteiger partial charge in [-0.1, -0.05) is 41.0 Å². The zero-order valence-electron chi connectivity index (χ0n) is 13.8. The number of rotatable bonds is 6. The Morgan fingerprint density at radius 1 is 1.25 bits per heavy atom. The van der Waals surface area contributed by atoms with Gasteiger partial charge in [-0.05, 0) is 30.7 Å². The largest absolute Gasteiger partial charge is 0.314 e. The van der Waals surface area contributed by atoms with Crippen LogP contribution in [0.4, 0.5) is 0 Å². The minimum Gasteiger partial charge on any atom is -0.314 e. The van der Waals surface area contributed by atoms with Crippen LogP contribution >= 0.6 is 0 Å². The molecule has 0 spiro atoms. The highest BCUT2D eigenvalue weighted by atomic mass is 32.2. The molecule has 0 aliphatic carbocycles. The molecular weight excluding hydrogens is 272 g/mol. The molecule has 1 fully saturated rings. The van der Waals surface area contributed by atoms with E-state index in [1.807, 2.05) is 20.8 Å². The lowest BCUT2D eigenvalue weighted by atomic mass is 9.91. The summed E-state index contributed by atoms with van der Waals surface area (Å²) in [6.45, 7) is 12.6. The van der Waals surface area contributed by atoms with Crippen LogP contribution in [-0.4, -0.2) is 44.2 Å². The molecule has 1 aliphatic rings. The summed E-state index contributed by atoms with van der Waals surface area (Å²) in [7, 11) is -3.12. The van der Waals surface area contributed by atoms with E-state index >= 15 is 0 Å². The molecule has 0 aromatic carbocycles.